The molecule has 0 saturated heterocycles. The summed E-state index contributed by atoms with van der Waals surface area (Å²) in [7, 11) is 1.62. The van der Waals surface area contributed by atoms with E-state index in [1.165, 1.54) is 0 Å². The van der Waals surface area contributed by atoms with Gasteiger partial charge in [0, 0.05) is 17.5 Å². The van der Waals surface area contributed by atoms with Gasteiger partial charge in [-0.3, -0.25) is 4.79 Å². The van der Waals surface area contributed by atoms with Crippen LogP contribution >= 0.6 is 12.4 Å². The minimum Gasteiger partial charge on any atom is -0.497 e. The summed E-state index contributed by atoms with van der Waals surface area (Å²) < 4.78 is 5.14. The van der Waals surface area contributed by atoms with Crippen LogP contribution in [-0.2, 0) is 0 Å². The number of H-pyrrole nitrogens is 1. The zero-order valence-electron chi connectivity index (χ0n) is 15.3. The van der Waals surface area contributed by atoms with Gasteiger partial charge >= 0.3 is 0 Å². The first-order valence-corrected chi connectivity index (χ1v) is 9.12. The molecule has 27 heavy (non-hydrogen) atoms. The van der Waals surface area contributed by atoms with Crippen LogP contribution in [0.1, 0.15) is 47.8 Å². The van der Waals surface area contributed by atoms with Crippen molar-refractivity contribution in [1.82, 2.24) is 15.3 Å². The first-order valence-electron chi connectivity index (χ1n) is 9.12. The number of imidazole rings is 1. The third-order valence-corrected chi connectivity index (χ3v) is 5.16. The highest BCUT2D eigenvalue weighted by atomic mass is 35.5. The fraction of sp³-hybridized carbons (Fsp3) is 0.333. The minimum atomic E-state index is -0.0251. The van der Waals surface area contributed by atoms with Crippen LogP contribution in [0.15, 0.2) is 48.5 Å². The second-order valence-electron chi connectivity index (χ2n) is 6.90. The molecular formula is C21H24ClN3O2. The topological polar surface area (TPSA) is 67.0 Å². The van der Waals surface area contributed by atoms with Gasteiger partial charge in [0.2, 0.25) is 0 Å². The highest BCUT2D eigenvalue weighted by molar-refractivity contribution is 5.94. The molecule has 1 amide bonds. The van der Waals surface area contributed by atoms with Crippen LogP contribution in [-0.4, -0.2) is 29.0 Å². The summed E-state index contributed by atoms with van der Waals surface area (Å²) in [6.07, 6.45) is 4.13. The smallest absolute Gasteiger partial charge is 0.251 e. The number of methoxy groups -OCH3 is 1. The number of carbonyl (C=O) groups excluding carboxylic acids is 1. The zero-order valence-corrected chi connectivity index (χ0v) is 16.1. The molecule has 2 N–H and O–H groups in total. The van der Waals surface area contributed by atoms with Gasteiger partial charge in [0.1, 0.15) is 11.6 Å². The van der Waals surface area contributed by atoms with E-state index in [4.69, 9.17) is 9.72 Å². The molecule has 5 nitrogen and oxygen atoms in total. The summed E-state index contributed by atoms with van der Waals surface area (Å²) in [5.74, 6) is 2.12. The Balaban J connectivity index is 0.00000210. The van der Waals surface area contributed by atoms with Gasteiger partial charge < -0.3 is 15.0 Å². The van der Waals surface area contributed by atoms with E-state index >= 15 is 0 Å². The van der Waals surface area contributed by atoms with Crippen LogP contribution in [0.2, 0.25) is 0 Å². The lowest BCUT2D eigenvalue weighted by atomic mass is 9.85. The summed E-state index contributed by atoms with van der Waals surface area (Å²) in [5.41, 5.74) is 2.75. The van der Waals surface area contributed by atoms with Crippen molar-refractivity contribution in [3.8, 4) is 5.75 Å². The van der Waals surface area contributed by atoms with Crippen molar-refractivity contribution < 1.29 is 9.53 Å². The van der Waals surface area contributed by atoms with E-state index in [1.807, 2.05) is 30.3 Å². The number of aromatic amines is 1. The van der Waals surface area contributed by atoms with Gasteiger partial charge in [-0.2, -0.15) is 0 Å². The van der Waals surface area contributed by atoms with Crippen molar-refractivity contribution >= 4 is 29.3 Å². The molecular weight excluding hydrogens is 362 g/mol. The largest absolute Gasteiger partial charge is 0.497 e. The molecule has 0 radical (unpaired) electrons. The summed E-state index contributed by atoms with van der Waals surface area (Å²) >= 11 is 0. The Morgan fingerprint density at radius 3 is 2.67 bits per heavy atom. The lowest BCUT2D eigenvalue weighted by molar-refractivity contribution is 0.0924. The molecule has 0 spiro atoms. The van der Waals surface area contributed by atoms with Gasteiger partial charge in [-0.25, -0.2) is 4.98 Å². The number of nitrogens with zero attached hydrogens (tertiary/aromatic N) is 1. The van der Waals surface area contributed by atoms with Crippen LogP contribution in [0.5, 0.6) is 5.75 Å². The average Bonchev–Trinajstić information content (AvgIpc) is 3.12. The number of fused-ring (bicyclic) bond motifs is 1. The quantitative estimate of drug-likeness (QED) is 0.697. The Labute approximate surface area is 164 Å². The molecule has 0 aliphatic heterocycles. The Kier molecular flexibility index (Phi) is 6.01. The summed E-state index contributed by atoms with van der Waals surface area (Å²) in [4.78, 5) is 20.7. The van der Waals surface area contributed by atoms with E-state index in [0.717, 1.165) is 48.3 Å². The zero-order chi connectivity index (χ0) is 17.9. The van der Waals surface area contributed by atoms with E-state index in [2.05, 4.69) is 16.4 Å². The van der Waals surface area contributed by atoms with Gasteiger partial charge in [0.05, 0.1) is 18.1 Å². The molecule has 0 bridgehead atoms. The van der Waals surface area contributed by atoms with Crippen molar-refractivity contribution in [2.75, 3.05) is 7.11 Å². The molecule has 1 heterocycles. The Hall–Kier alpha value is -2.53. The highest BCUT2D eigenvalue weighted by Gasteiger charge is 2.26. The van der Waals surface area contributed by atoms with E-state index in [9.17, 15) is 4.79 Å². The van der Waals surface area contributed by atoms with Gasteiger partial charge in [-0.1, -0.05) is 18.6 Å². The number of ether oxygens (including phenoxy) is 1. The van der Waals surface area contributed by atoms with Crippen LogP contribution in [0.3, 0.4) is 0 Å². The maximum Gasteiger partial charge on any atom is 0.251 e. The molecule has 142 valence electrons. The Morgan fingerprint density at radius 2 is 1.93 bits per heavy atom. The second kappa shape index (κ2) is 8.44. The number of nitrogens with one attached hydrogen (secondary N) is 2. The summed E-state index contributed by atoms with van der Waals surface area (Å²) in [6.45, 7) is 0. The molecule has 6 heteroatoms. The van der Waals surface area contributed by atoms with Crippen LogP contribution < -0.4 is 10.1 Å². The van der Waals surface area contributed by atoms with Crippen molar-refractivity contribution in [1.29, 1.82) is 0 Å². The van der Waals surface area contributed by atoms with Crippen molar-refractivity contribution in [3.63, 3.8) is 0 Å². The molecule has 1 aliphatic carbocycles. The van der Waals surface area contributed by atoms with Crippen molar-refractivity contribution in [3.05, 3.63) is 59.9 Å². The van der Waals surface area contributed by atoms with Gasteiger partial charge in [-0.05, 0) is 55.7 Å². The fourth-order valence-corrected chi connectivity index (χ4v) is 3.75. The van der Waals surface area contributed by atoms with E-state index in [-0.39, 0.29) is 24.4 Å². The molecule has 1 aliphatic rings. The molecule has 1 aromatic heterocycles. The highest BCUT2D eigenvalue weighted by Crippen LogP contribution is 2.32. The number of amides is 1. The molecule has 2 atom stereocenters. The number of aromatic nitrogens is 2. The molecule has 3 aromatic rings. The maximum absolute atomic E-state index is 12.5. The number of benzene rings is 2. The van der Waals surface area contributed by atoms with Gasteiger partial charge in [-0.15, -0.1) is 12.4 Å². The van der Waals surface area contributed by atoms with Crippen molar-refractivity contribution in [2.24, 2.45) is 0 Å². The summed E-state index contributed by atoms with van der Waals surface area (Å²) in [6, 6.07) is 15.5. The van der Waals surface area contributed by atoms with Gasteiger partial charge in [0.15, 0.2) is 0 Å². The fourth-order valence-electron chi connectivity index (χ4n) is 3.75. The number of rotatable bonds is 4. The number of halogens is 1. The third-order valence-electron chi connectivity index (χ3n) is 5.16. The second-order valence-corrected chi connectivity index (χ2v) is 6.90. The monoisotopic (exact) mass is 385 g/mol. The predicted octanol–water partition coefficient (Wildman–Crippen LogP) is 4.45. The third kappa shape index (κ3) is 4.25. The predicted molar refractivity (Wildman–Crippen MR) is 109 cm³/mol. The average molecular weight is 386 g/mol. The van der Waals surface area contributed by atoms with Crippen LogP contribution in [0.25, 0.3) is 11.0 Å². The number of hydrogen-bond donors (Lipinski definition) is 2. The standard InChI is InChI=1S/C21H23N3O2.ClH/c1-26-17-11-9-14(10-12-17)21(25)22-16-6-4-5-15(13-16)20-23-18-7-2-3-8-19(18)24-20;/h2-3,7-12,15-16H,4-6,13H2,1H3,(H,22,25)(H,23,24);1H. The van der Waals surface area contributed by atoms with Gasteiger partial charge in [0.25, 0.3) is 5.91 Å². The number of carbonyl (C=O) groups is 1. The van der Waals surface area contributed by atoms with E-state index in [1.54, 1.807) is 19.2 Å². The van der Waals surface area contributed by atoms with Crippen molar-refractivity contribution in [2.45, 2.75) is 37.6 Å². The van der Waals surface area contributed by atoms with E-state index in [0.29, 0.717) is 11.5 Å². The molecule has 1 saturated carbocycles. The SMILES string of the molecule is COc1ccc(C(=O)NC2CCCC(c3nc4ccccc4[nH]3)C2)cc1.Cl. The Morgan fingerprint density at radius 1 is 1.15 bits per heavy atom. The normalized spacial score (nSPS) is 19.3. The van der Waals surface area contributed by atoms with Crippen LogP contribution in [0.4, 0.5) is 0 Å². The molecule has 4 rings (SSSR count). The van der Waals surface area contributed by atoms with Crippen LogP contribution in [0, 0.1) is 0 Å². The first kappa shape index (κ1) is 19.2. The first-order chi connectivity index (χ1) is 12.7. The molecule has 2 unspecified atom stereocenters. The minimum absolute atomic E-state index is 0. The lowest BCUT2D eigenvalue weighted by Gasteiger charge is -2.28. The molecule has 2 aromatic carbocycles. The Bertz CT molecular complexity index is 874. The number of para-hydroxylation sites is 2. The molecule has 1 fully saturated rings. The lowest BCUT2D eigenvalue weighted by Crippen LogP contribution is -2.38. The summed E-state index contributed by atoms with van der Waals surface area (Å²) in [5, 5.41) is 3.18. The van der Waals surface area contributed by atoms with E-state index < -0.39 is 0 Å². The number of hydrogen-bond acceptors (Lipinski definition) is 3. The maximum atomic E-state index is 12.5.